The number of hydrogen-bond acceptors (Lipinski definition) is 5. The molecule has 0 fully saturated rings. The molecule has 0 saturated heterocycles. The summed E-state index contributed by atoms with van der Waals surface area (Å²) in [4.78, 5) is 12.6. The molecule has 0 aliphatic carbocycles. The smallest absolute Gasteiger partial charge is 0.232 e. The van der Waals surface area contributed by atoms with Crippen LogP contribution in [0.25, 0.3) is 0 Å². The quantitative estimate of drug-likeness (QED) is 0.614. The molecule has 0 unspecified atom stereocenters. The maximum Gasteiger partial charge on any atom is 0.232 e. The van der Waals surface area contributed by atoms with Crippen LogP contribution in [-0.4, -0.2) is 40.3 Å². The number of nitrogens with one attached hydrogen (secondary N) is 1. The van der Waals surface area contributed by atoms with E-state index in [2.05, 4.69) is 30.4 Å². The van der Waals surface area contributed by atoms with Crippen molar-refractivity contribution in [3.05, 3.63) is 53.1 Å². The number of benzene rings is 2. The highest BCUT2D eigenvalue weighted by Gasteiger charge is 2.21. The summed E-state index contributed by atoms with van der Waals surface area (Å²) in [5, 5.41) is 3.09. The first-order chi connectivity index (χ1) is 15.2. The number of carbonyl (C=O) groups is 1. The Kier molecular flexibility index (Phi) is 7.66. The number of fused-ring (bicyclic) bond motifs is 1. The van der Waals surface area contributed by atoms with Crippen molar-refractivity contribution in [1.82, 2.24) is 5.32 Å². The van der Waals surface area contributed by atoms with Crippen LogP contribution in [-0.2, 0) is 14.8 Å². The van der Waals surface area contributed by atoms with Crippen LogP contribution in [0.4, 0.5) is 5.69 Å². The summed E-state index contributed by atoms with van der Waals surface area (Å²) in [6.07, 6.45) is 2.58. The van der Waals surface area contributed by atoms with Gasteiger partial charge < -0.3 is 14.8 Å². The summed E-state index contributed by atoms with van der Waals surface area (Å²) < 4.78 is 37.2. The average Bonchev–Trinajstić information content (AvgIpc) is 2.74. The van der Waals surface area contributed by atoms with E-state index in [-0.39, 0.29) is 24.9 Å². The molecule has 1 aliphatic heterocycles. The average molecular weight is 461 g/mol. The number of sulfonamides is 1. The number of carbonyl (C=O) groups excluding carboxylic acids is 1. The third-order valence-corrected chi connectivity index (χ3v) is 6.72. The first kappa shape index (κ1) is 23.9. The Morgan fingerprint density at radius 3 is 2.47 bits per heavy atom. The SMILES string of the molecule is CC[C@@H](NC(=O)CCCN(c1ccc2c(c1)OCCO2)S(C)(=O)=O)c1ccc(C)cc1C. The molecule has 174 valence electrons. The van der Waals surface area contributed by atoms with Crippen LogP contribution in [0.1, 0.15) is 48.9 Å². The third kappa shape index (κ3) is 5.94. The van der Waals surface area contributed by atoms with Crippen molar-refractivity contribution in [3.63, 3.8) is 0 Å². The van der Waals surface area contributed by atoms with Crippen molar-refractivity contribution in [2.24, 2.45) is 0 Å². The fourth-order valence-corrected chi connectivity index (χ4v) is 4.90. The highest BCUT2D eigenvalue weighted by Crippen LogP contribution is 2.34. The lowest BCUT2D eigenvalue weighted by Crippen LogP contribution is -2.33. The summed E-state index contributed by atoms with van der Waals surface area (Å²) in [6.45, 7) is 7.23. The maximum atomic E-state index is 12.6. The molecule has 0 radical (unpaired) electrons. The second-order valence-corrected chi connectivity index (χ2v) is 10.1. The zero-order valence-corrected chi connectivity index (χ0v) is 20.0. The van der Waals surface area contributed by atoms with Crippen molar-refractivity contribution >= 4 is 21.6 Å². The molecule has 0 bridgehead atoms. The van der Waals surface area contributed by atoms with E-state index < -0.39 is 10.0 Å². The number of nitrogens with zero attached hydrogens (tertiary/aromatic N) is 1. The summed E-state index contributed by atoms with van der Waals surface area (Å²) in [7, 11) is -3.52. The molecule has 3 rings (SSSR count). The van der Waals surface area contributed by atoms with E-state index in [9.17, 15) is 13.2 Å². The Morgan fingerprint density at radius 1 is 1.09 bits per heavy atom. The summed E-state index contributed by atoms with van der Waals surface area (Å²) in [5.74, 6) is 1.04. The minimum atomic E-state index is -3.52. The molecule has 7 nitrogen and oxygen atoms in total. The first-order valence-corrected chi connectivity index (χ1v) is 12.8. The van der Waals surface area contributed by atoms with Crippen LogP contribution in [0.3, 0.4) is 0 Å². The highest BCUT2D eigenvalue weighted by molar-refractivity contribution is 7.92. The Hall–Kier alpha value is -2.74. The zero-order valence-electron chi connectivity index (χ0n) is 19.2. The molecular weight excluding hydrogens is 428 g/mol. The van der Waals surface area contributed by atoms with Gasteiger partial charge in [0.2, 0.25) is 15.9 Å². The van der Waals surface area contributed by atoms with Gasteiger partial charge in [0, 0.05) is 19.0 Å². The van der Waals surface area contributed by atoms with Gasteiger partial charge >= 0.3 is 0 Å². The predicted octanol–water partition coefficient (Wildman–Crippen LogP) is 3.89. The largest absolute Gasteiger partial charge is 0.486 e. The Balaban J connectivity index is 1.62. The molecule has 1 atom stereocenters. The van der Waals surface area contributed by atoms with Gasteiger partial charge in [-0.15, -0.1) is 0 Å². The predicted molar refractivity (Wildman–Crippen MR) is 126 cm³/mol. The lowest BCUT2D eigenvalue weighted by Gasteiger charge is -2.25. The number of hydrogen-bond donors (Lipinski definition) is 1. The van der Waals surface area contributed by atoms with Gasteiger partial charge in [-0.1, -0.05) is 30.7 Å². The summed E-state index contributed by atoms with van der Waals surface area (Å²) >= 11 is 0. The monoisotopic (exact) mass is 460 g/mol. The Bertz CT molecular complexity index is 1070. The van der Waals surface area contributed by atoms with Crippen LogP contribution in [0.15, 0.2) is 36.4 Å². The van der Waals surface area contributed by atoms with E-state index >= 15 is 0 Å². The lowest BCUT2D eigenvalue weighted by molar-refractivity contribution is -0.121. The molecule has 1 N–H and O–H groups in total. The van der Waals surface area contributed by atoms with Crippen molar-refractivity contribution in [2.45, 2.75) is 46.1 Å². The molecular formula is C24H32N2O5S. The molecule has 0 aromatic heterocycles. The molecule has 32 heavy (non-hydrogen) atoms. The molecule has 2 aromatic carbocycles. The minimum Gasteiger partial charge on any atom is -0.486 e. The molecule has 1 amide bonds. The molecule has 0 spiro atoms. The Labute approximate surface area is 190 Å². The van der Waals surface area contributed by atoms with Crippen LogP contribution in [0.5, 0.6) is 11.5 Å². The van der Waals surface area contributed by atoms with E-state index in [4.69, 9.17) is 9.47 Å². The van der Waals surface area contributed by atoms with E-state index in [0.717, 1.165) is 23.8 Å². The van der Waals surface area contributed by atoms with E-state index in [1.807, 2.05) is 13.8 Å². The van der Waals surface area contributed by atoms with Crippen molar-refractivity contribution < 1.29 is 22.7 Å². The van der Waals surface area contributed by atoms with Crippen molar-refractivity contribution in [3.8, 4) is 11.5 Å². The van der Waals surface area contributed by atoms with Crippen LogP contribution in [0, 0.1) is 13.8 Å². The molecule has 2 aromatic rings. The summed E-state index contributed by atoms with van der Waals surface area (Å²) in [5.41, 5.74) is 3.95. The minimum absolute atomic E-state index is 0.0631. The fraction of sp³-hybridized carbons (Fsp3) is 0.458. The molecule has 8 heteroatoms. The number of amides is 1. The molecule has 1 heterocycles. The van der Waals surface area contributed by atoms with Gasteiger partial charge in [0.15, 0.2) is 11.5 Å². The number of rotatable bonds is 9. The third-order valence-electron chi connectivity index (χ3n) is 5.52. The van der Waals surface area contributed by atoms with Gasteiger partial charge in [-0.05, 0) is 49.9 Å². The van der Waals surface area contributed by atoms with Gasteiger partial charge in [-0.3, -0.25) is 9.10 Å². The Morgan fingerprint density at radius 2 is 1.81 bits per heavy atom. The summed E-state index contributed by atoms with van der Waals surface area (Å²) in [6, 6.07) is 11.2. The normalized spacial score (nSPS) is 14.0. The van der Waals surface area contributed by atoms with Crippen LogP contribution < -0.4 is 19.1 Å². The lowest BCUT2D eigenvalue weighted by atomic mass is 9.97. The van der Waals surface area contributed by atoms with Gasteiger partial charge in [-0.25, -0.2) is 8.42 Å². The van der Waals surface area contributed by atoms with Crippen LogP contribution >= 0.6 is 0 Å². The first-order valence-electron chi connectivity index (χ1n) is 10.9. The topological polar surface area (TPSA) is 84.9 Å². The zero-order chi connectivity index (χ0) is 23.3. The second kappa shape index (κ2) is 10.3. The van der Waals surface area contributed by atoms with E-state index in [1.54, 1.807) is 18.2 Å². The maximum absolute atomic E-state index is 12.6. The van der Waals surface area contributed by atoms with Gasteiger partial charge in [-0.2, -0.15) is 0 Å². The standard InChI is InChI=1S/C24H32N2O5S/c1-5-21(20-10-8-17(2)15-18(20)3)25-24(27)7-6-12-26(32(4,28)29)19-9-11-22-23(16-19)31-14-13-30-22/h8-11,15-16,21H,5-7,12-14H2,1-4H3,(H,25,27)/t21-/m1/s1. The number of ether oxygens (including phenoxy) is 2. The molecule has 0 saturated carbocycles. The van der Waals surface area contributed by atoms with Gasteiger partial charge in [0.05, 0.1) is 18.0 Å². The second-order valence-electron chi connectivity index (χ2n) is 8.16. The number of aryl methyl sites for hydroxylation is 2. The van der Waals surface area contributed by atoms with E-state index in [0.29, 0.717) is 36.8 Å². The highest BCUT2D eigenvalue weighted by atomic mass is 32.2. The fourth-order valence-electron chi connectivity index (χ4n) is 3.94. The van der Waals surface area contributed by atoms with Crippen molar-refractivity contribution in [2.75, 3.05) is 30.3 Å². The van der Waals surface area contributed by atoms with Crippen molar-refractivity contribution in [1.29, 1.82) is 0 Å². The van der Waals surface area contributed by atoms with Gasteiger partial charge in [0.25, 0.3) is 0 Å². The number of anilines is 1. The van der Waals surface area contributed by atoms with Crippen LogP contribution in [0.2, 0.25) is 0 Å². The van der Waals surface area contributed by atoms with Gasteiger partial charge in [0.1, 0.15) is 13.2 Å². The van der Waals surface area contributed by atoms with E-state index in [1.165, 1.54) is 9.87 Å². The molecule has 1 aliphatic rings.